The molecule has 0 aromatic carbocycles. The smallest absolute Gasteiger partial charge is 0.108 e. The number of halogens is 1. The fraction of sp³-hybridized carbons (Fsp3) is 0.600. The maximum Gasteiger partial charge on any atom is 0.108 e. The molecule has 0 saturated heterocycles. The summed E-state index contributed by atoms with van der Waals surface area (Å²) >= 11 is 0. The van der Waals surface area contributed by atoms with Crippen LogP contribution >= 0.6 is 0 Å². The van der Waals surface area contributed by atoms with Crippen LogP contribution in [0.15, 0.2) is 23.3 Å². The van der Waals surface area contributed by atoms with Crippen molar-refractivity contribution in [2.75, 3.05) is 6.67 Å². The van der Waals surface area contributed by atoms with Gasteiger partial charge in [-0.25, -0.2) is 4.39 Å². The zero-order valence-electron chi connectivity index (χ0n) is 7.65. The Morgan fingerprint density at radius 3 is 2.27 bits per heavy atom. The van der Waals surface area contributed by atoms with Gasteiger partial charge in [-0.15, -0.1) is 0 Å². The van der Waals surface area contributed by atoms with Gasteiger partial charge in [0.25, 0.3) is 0 Å². The largest absolute Gasteiger partial charge is 0.247 e. The van der Waals surface area contributed by atoms with Crippen LogP contribution in [-0.4, -0.2) is 6.67 Å². The van der Waals surface area contributed by atoms with Gasteiger partial charge in [-0.3, -0.25) is 0 Å². The van der Waals surface area contributed by atoms with Crippen molar-refractivity contribution in [1.82, 2.24) is 0 Å². The zero-order chi connectivity index (χ0) is 8.69. The predicted molar refractivity (Wildman–Crippen MR) is 48.4 cm³/mol. The molecule has 0 spiro atoms. The molecule has 0 amide bonds. The third-order valence-electron chi connectivity index (χ3n) is 1.52. The number of allylic oxidation sites excluding steroid dienone is 4. The van der Waals surface area contributed by atoms with E-state index in [4.69, 9.17) is 0 Å². The fourth-order valence-electron chi connectivity index (χ4n) is 0.822. The third kappa shape index (κ3) is 7.31. The molecule has 0 aromatic rings. The van der Waals surface area contributed by atoms with E-state index in [0.717, 1.165) is 18.4 Å². The summed E-state index contributed by atoms with van der Waals surface area (Å²) in [6.45, 7) is 5.79. The molecule has 0 heterocycles. The first-order chi connectivity index (χ1) is 5.16. The molecule has 0 N–H and O–H groups in total. The van der Waals surface area contributed by atoms with Gasteiger partial charge in [-0.2, -0.15) is 0 Å². The van der Waals surface area contributed by atoms with Crippen LogP contribution in [0.2, 0.25) is 0 Å². The maximum absolute atomic E-state index is 11.7. The van der Waals surface area contributed by atoms with Crippen molar-refractivity contribution < 1.29 is 4.39 Å². The first-order valence-electron chi connectivity index (χ1n) is 4.01. The maximum atomic E-state index is 11.7. The van der Waals surface area contributed by atoms with Crippen LogP contribution in [0.25, 0.3) is 0 Å². The summed E-state index contributed by atoms with van der Waals surface area (Å²) in [5.41, 5.74) is 2.48. The van der Waals surface area contributed by atoms with E-state index in [1.807, 2.05) is 6.92 Å². The Hall–Kier alpha value is -0.590. The highest BCUT2D eigenvalue weighted by Gasteiger charge is 1.87. The van der Waals surface area contributed by atoms with E-state index in [1.165, 1.54) is 5.57 Å². The first kappa shape index (κ1) is 10.4. The van der Waals surface area contributed by atoms with Crippen molar-refractivity contribution in [2.24, 2.45) is 0 Å². The SMILES string of the molecule is CC(C)=CCCC(C)=CCF. The molecular weight excluding hydrogens is 139 g/mol. The fourth-order valence-corrected chi connectivity index (χ4v) is 0.822. The molecule has 0 nitrogen and oxygen atoms in total. The van der Waals surface area contributed by atoms with Gasteiger partial charge < -0.3 is 0 Å². The Bertz CT molecular complexity index is 150. The molecule has 0 aliphatic heterocycles. The average molecular weight is 156 g/mol. The summed E-state index contributed by atoms with van der Waals surface area (Å²) in [6.07, 6.45) is 5.83. The Labute approximate surface area is 68.8 Å². The summed E-state index contributed by atoms with van der Waals surface area (Å²) in [6, 6.07) is 0. The highest BCUT2D eigenvalue weighted by Crippen LogP contribution is 2.05. The quantitative estimate of drug-likeness (QED) is 0.545. The molecule has 0 atom stereocenters. The van der Waals surface area contributed by atoms with E-state index in [0.29, 0.717) is 0 Å². The molecule has 0 radical (unpaired) electrons. The third-order valence-corrected chi connectivity index (χ3v) is 1.52. The summed E-state index contributed by atoms with van der Waals surface area (Å²) in [5.74, 6) is 0. The van der Waals surface area contributed by atoms with Gasteiger partial charge in [0.2, 0.25) is 0 Å². The minimum atomic E-state index is -0.333. The lowest BCUT2D eigenvalue weighted by molar-refractivity contribution is 0.558. The number of rotatable bonds is 4. The molecule has 0 aromatic heterocycles. The first-order valence-corrected chi connectivity index (χ1v) is 4.01. The van der Waals surface area contributed by atoms with Crippen molar-refractivity contribution in [1.29, 1.82) is 0 Å². The van der Waals surface area contributed by atoms with E-state index < -0.39 is 0 Å². The van der Waals surface area contributed by atoms with E-state index in [1.54, 1.807) is 6.08 Å². The van der Waals surface area contributed by atoms with Gasteiger partial charge in [0, 0.05) is 0 Å². The van der Waals surface area contributed by atoms with Crippen LogP contribution in [0.4, 0.5) is 4.39 Å². The van der Waals surface area contributed by atoms with Gasteiger partial charge >= 0.3 is 0 Å². The van der Waals surface area contributed by atoms with Crippen molar-refractivity contribution >= 4 is 0 Å². The molecular formula is C10H17F. The average Bonchev–Trinajstić information content (AvgIpc) is 1.87. The van der Waals surface area contributed by atoms with Gasteiger partial charge in [-0.1, -0.05) is 23.3 Å². The van der Waals surface area contributed by atoms with Crippen molar-refractivity contribution in [3.05, 3.63) is 23.3 Å². The molecule has 0 aliphatic rings. The minimum absolute atomic E-state index is 0.333. The lowest BCUT2D eigenvalue weighted by Gasteiger charge is -1.96. The number of hydrogen-bond donors (Lipinski definition) is 0. The summed E-state index contributed by atoms with van der Waals surface area (Å²) < 4.78 is 11.7. The Morgan fingerprint density at radius 1 is 1.18 bits per heavy atom. The monoisotopic (exact) mass is 156 g/mol. The Balaban J connectivity index is 3.54. The van der Waals surface area contributed by atoms with Crippen LogP contribution in [0, 0.1) is 0 Å². The van der Waals surface area contributed by atoms with Crippen LogP contribution < -0.4 is 0 Å². The standard InChI is InChI=1S/C10H17F/c1-9(2)5-4-6-10(3)7-8-11/h5,7H,4,6,8H2,1-3H3. The van der Waals surface area contributed by atoms with E-state index >= 15 is 0 Å². The molecule has 11 heavy (non-hydrogen) atoms. The van der Waals surface area contributed by atoms with Gasteiger partial charge in [-0.05, 0) is 33.6 Å². The lowest BCUT2D eigenvalue weighted by atomic mass is 10.1. The predicted octanol–water partition coefficient (Wildman–Crippen LogP) is 3.65. The van der Waals surface area contributed by atoms with Crippen LogP contribution in [0.5, 0.6) is 0 Å². The second-order valence-electron chi connectivity index (χ2n) is 3.02. The van der Waals surface area contributed by atoms with Crippen LogP contribution in [0.1, 0.15) is 33.6 Å². The Kier molecular flexibility index (Phi) is 5.81. The molecule has 64 valence electrons. The van der Waals surface area contributed by atoms with Gasteiger partial charge in [0.15, 0.2) is 0 Å². The van der Waals surface area contributed by atoms with E-state index in [-0.39, 0.29) is 6.67 Å². The van der Waals surface area contributed by atoms with Crippen LogP contribution in [0.3, 0.4) is 0 Å². The zero-order valence-corrected chi connectivity index (χ0v) is 7.65. The lowest BCUT2D eigenvalue weighted by Crippen LogP contribution is -1.77. The normalized spacial score (nSPS) is 11.5. The topological polar surface area (TPSA) is 0 Å². The summed E-state index contributed by atoms with van der Waals surface area (Å²) in [5, 5.41) is 0. The highest BCUT2D eigenvalue weighted by molar-refractivity contribution is 5.01. The second-order valence-corrected chi connectivity index (χ2v) is 3.02. The molecule has 0 bridgehead atoms. The van der Waals surface area contributed by atoms with Crippen molar-refractivity contribution in [3.63, 3.8) is 0 Å². The summed E-state index contributed by atoms with van der Waals surface area (Å²) in [4.78, 5) is 0. The molecule has 1 heteroatoms. The molecule has 0 saturated carbocycles. The molecule has 0 rings (SSSR count). The minimum Gasteiger partial charge on any atom is -0.247 e. The summed E-state index contributed by atoms with van der Waals surface area (Å²) in [7, 11) is 0. The van der Waals surface area contributed by atoms with Crippen molar-refractivity contribution in [2.45, 2.75) is 33.6 Å². The van der Waals surface area contributed by atoms with Crippen LogP contribution in [-0.2, 0) is 0 Å². The molecule has 0 aliphatic carbocycles. The second kappa shape index (κ2) is 6.14. The highest BCUT2D eigenvalue weighted by atomic mass is 19.1. The van der Waals surface area contributed by atoms with Gasteiger partial charge in [0.05, 0.1) is 0 Å². The number of hydrogen-bond acceptors (Lipinski definition) is 0. The van der Waals surface area contributed by atoms with Crippen molar-refractivity contribution in [3.8, 4) is 0 Å². The van der Waals surface area contributed by atoms with E-state index in [2.05, 4.69) is 19.9 Å². The molecule has 0 fully saturated rings. The van der Waals surface area contributed by atoms with E-state index in [9.17, 15) is 4.39 Å². The Morgan fingerprint density at radius 2 is 1.82 bits per heavy atom. The van der Waals surface area contributed by atoms with Gasteiger partial charge in [0.1, 0.15) is 6.67 Å². The molecule has 0 unspecified atom stereocenters. The number of alkyl halides is 1.